The van der Waals surface area contributed by atoms with Gasteiger partial charge >= 0.3 is 6.00 Å². The molecule has 0 saturated carbocycles. The van der Waals surface area contributed by atoms with Gasteiger partial charge in [-0.3, -0.25) is 0 Å². The summed E-state index contributed by atoms with van der Waals surface area (Å²) < 4.78 is 0. The topological polar surface area (TPSA) is 0 Å². The molecule has 7 heteroatoms. The van der Waals surface area contributed by atoms with Crippen molar-refractivity contribution in [3.8, 4) is 0 Å². The lowest BCUT2D eigenvalue weighted by molar-refractivity contribution is 2.31. The molecule has 0 radical (unpaired) electrons. The third-order valence-electron chi connectivity index (χ3n) is 0. The zero-order valence-corrected chi connectivity index (χ0v) is 17.9. The Balaban J connectivity index is -0.00000000736. The van der Waals surface area contributed by atoms with E-state index in [4.69, 9.17) is 33.2 Å². The van der Waals surface area contributed by atoms with Crippen LogP contribution in [0.25, 0.3) is 0 Å². The van der Waals surface area contributed by atoms with E-state index in [1.807, 2.05) is 0 Å². The first kappa shape index (κ1) is 36.4. The van der Waals surface area contributed by atoms with Gasteiger partial charge in [0, 0.05) is 2.85 Å². The van der Waals surface area contributed by atoms with Crippen LogP contribution in [0.2, 0.25) is 26.2 Å². The van der Waals surface area contributed by atoms with E-state index in [-0.39, 0.29) is 17.7 Å². The molecular weight excluding hydrogens is 291 g/mol. The summed E-state index contributed by atoms with van der Waals surface area (Å²) in [6, 6.07) is -2.19. The molecule has 0 aliphatic carbocycles. The highest BCUT2D eigenvalue weighted by molar-refractivity contribution is 7.64. The second kappa shape index (κ2) is 37.2. The van der Waals surface area contributed by atoms with E-state index in [0.717, 1.165) is 0 Å². The number of hydrogen-bond acceptors (Lipinski definition) is 0. The summed E-state index contributed by atoms with van der Waals surface area (Å²) in [5.41, 5.74) is 0. The molecule has 0 amide bonds. The fourth-order valence-corrected chi connectivity index (χ4v) is 0. The Hall–Kier alpha value is 1.74. The lowest BCUT2D eigenvalue weighted by atomic mass is 11.9. The fourth-order valence-electron chi connectivity index (χ4n) is 0. The smallest absolute Gasteiger partial charge is 0.126 e. The van der Waals surface area contributed by atoms with Gasteiger partial charge in [-0.15, -0.1) is 33.2 Å². The van der Waals surface area contributed by atoms with Crippen LogP contribution in [-0.2, 0) is 0 Å². The SMILES string of the molecule is C.C.C[SiH3].C[SiH3].C[SiH3].C[Si](Cl)(Cl)Cl.[HH].[HH]. The van der Waals surface area contributed by atoms with Crippen LogP contribution in [0.1, 0.15) is 17.7 Å². The van der Waals surface area contributed by atoms with Crippen molar-refractivity contribution in [3.05, 3.63) is 0 Å². The maximum absolute atomic E-state index is 5.20. The van der Waals surface area contributed by atoms with Crippen molar-refractivity contribution in [2.24, 2.45) is 0 Å². The Bertz CT molecular complexity index is 43.8. The minimum Gasteiger partial charge on any atom is -0.126 e. The third-order valence-corrected chi connectivity index (χ3v) is 0. The highest BCUT2D eigenvalue weighted by Crippen LogP contribution is 2.17. The summed E-state index contributed by atoms with van der Waals surface area (Å²) >= 11 is 15.6. The lowest BCUT2D eigenvalue weighted by Gasteiger charge is -1.89. The standard InChI is InChI=1S/CH3Cl3Si.3CH6Si.2CH4.2H2/c1-5(2,3)4;3*1-2;;;;/h1H3;3*1-2H3;2*1H4;2*1H. The van der Waals surface area contributed by atoms with Crippen LogP contribution in [0, 0.1) is 0 Å². The molecule has 0 aromatic carbocycles. The van der Waals surface area contributed by atoms with Crippen LogP contribution in [0.15, 0.2) is 0 Å². The van der Waals surface area contributed by atoms with E-state index in [2.05, 4.69) is 19.6 Å². The Morgan fingerprint density at radius 3 is 0.769 bits per heavy atom. The van der Waals surface area contributed by atoms with Crippen LogP contribution in [0.5, 0.6) is 0 Å². The summed E-state index contributed by atoms with van der Waals surface area (Å²) in [7, 11) is 3.92. The van der Waals surface area contributed by atoms with Gasteiger partial charge in [0.25, 0.3) is 0 Å². The van der Waals surface area contributed by atoms with Crippen LogP contribution < -0.4 is 0 Å². The minimum absolute atomic E-state index is 0. The van der Waals surface area contributed by atoms with Crippen LogP contribution >= 0.6 is 33.2 Å². The van der Waals surface area contributed by atoms with E-state index in [1.54, 1.807) is 6.55 Å². The molecule has 0 spiro atoms. The molecule has 0 N–H and O–H groups in total. The Morgan fingerprint density at radius 1 is 0.769 bits per heavy atom. The molecule has 0 aromatic rings. The van der Waals surface area contributed by atoms with Gasteiger partial charge in [-0.1, -0.05) is 34.5 Å². The van der Waals surface area contributed by atoms with Gasteiger partial charge < -0.3 is 0 Å². The molecule has 0 bridgehead atoms. The monoisotopic (exact) mass is 322 g/mol. The first-order valence-corrected chi connectivity index (χ1v) is 15.6. The third kappa shape index (κ3) is 627. The van der Waals surface area contributed by atoms with E-state index in [9.17, 15) is 0 Å². The molecule has 13 heavy (non-hydrogen) atoms. The highest BCUT2D eigenvalue weighted by atomic mass is 35.8. The normalized spacial score (nSPS) is 6.69. The molecule has 0 heterocycles. The fraction of sp³-hybridized carbons (Fsp3) is 1.00. The molecule has 0 atom stereocenters. The average Bonchev–Trinajstić information content (AvgIpc) is 1.96. The molecule has 0 rings (SSSR count). The van der Waals surface area contributed by atoms with Crippen molar-refractivity contribution in [2.45, 2.75) is 41.0 Å². The van der Waals surface area contributed by atoms with Crippen LogP contribution in [-0.4, -0.2) is 36.7 Å². The molecule has 0 saturated heterocycles. The van der Waals surface area contributed by atoms with Gasteiger partial charge in [-0.2, -0.15) is 0 Å². The summed E-state index contributed by atoms with van der Waals surface area (Å²) in [5, 5.41) is 0. The van der Waals surface area contributed by atoms with Crippen molar-refractivity contribution in [1.29, 1.82) is 0 Å². The van der Waals surface area contributed by atoms with Crippen molar-refractivity contribution in [2.75, 3.05) is 0 Å². The molecule has 0 unspecified atom stereocenters. The lowest BCUT2D eigenvalue weighted by Crippen LogP contribution is -1.97. The van der Waals surface area contributed by atoms with Gasteiger partial charge in [0.05, 0.1) is 0 Å². The van der Waals surface area contributed by atoms with E-state index < -0.39 is 6.00 Å². The number of hydrogen-bond donors (Lipinski definition) is 0. The minimum atomic E-state index is -2.19. The van der Waals surface area contributed by atoms with Crippen molar-refractivity contribution in [3.63, 3.8) is 0 Å². The quantitative estimate of drug-likeness (QED) is 0.474. The molecule has 0 aromatic heterocycles. The summed E-state index contributed by atoms with van der Waals surface area (Å²) in [6.07, 6.45) is 0. The highest BCUT2D eigenvalue weighted by Gasteiger charge is 2.13. The molecule has 0 nitrogen and oxygen atoms in total. The Morgan fingerprint density at radius 2 is 0.769 bits per heavy atom. The summed E-state index contributed by atoms with van der Waals surface area (Å²) in [4.78, 5) is 0. The second-order valence-corrected chi connectivity index (χ2v) is 10.9. The first-order valence-electron chi connectivity index (χ1n) is 4.07. The van der Waals surface area contributed by atoms with Crippen molar-refractivity contribution in [1.82, 2.24) is 0 Å². The Kier molecular flexibility index (Phi) is 104. The van der Waals surface area contributed by atoms with Gasteiger partial charge in [-0.25, -0.2) is 0 Å². The van der Waals surface area contributed by atoms with E-state index in [0.29, 0.717) is 0 Å². The van der Waals surface area contributed by atoms with Crippen molar-refractivity contribution >= 4 is 70.0 Å². The molecule has 94 valence electrons. The predicted molar refractivity (Wildman–Crippen MR) is 94.3 cm³/mol. The summed E-state index contributed by atoms with van der Waals surface area (Å²) in [6.45, 7) is 8.04. The second-order valence-electron chi connectivity index (χ2n) is 0.781. The zero-order chi connectivity index (χ0) is 10.5. The van der Waals surface area contributed by atoms with Gasteiger partial charge in [0.1, 0.15) is 0 Å². The van der Waals surface area contributed by atoms with Crippen LogP contribution in [0.4, 0.5) is 0 Å². The summed E-state index contributed by atoms with van der Waals surface area (Å²) in [5.74, 6) is 0. The van der Waals surface area contributed by atoms with E-state index >= 15 is 0 Å². The maximum atomic E-state index is 5.20. The van der Waals surface area contributed by atoms with Gasteiger partial charge in [0.2, 0.25) is 0 Å². The molecule has 0 aliphatic rings. The Labute approximate surface area is 113 Å². The average molecular weight is 324 g/mol. The van der Waals surface area contributed by atoms with Crippen LogP contribution in [0.3, 0.4) is 0 Å². The largest absolute Gasteiger partial charge is 0.338 e. The first-order chi connectivity index (χ1) is 5.00. The number of rotatable bonds is 0. The molecule has 0 fully saturated rings. The number of halogens is 3. The van der Waals surface area contributed by atoms with E-state index in [1.165, 1.54) is 30.7 Å². The van der Waals surface area contributed by atoms with Gasteiger partial charge in [0.15, 0.2) is 0 Å². The zero-order valence-electron chi connectivity index (χ0n) is 8.63. The maximum Gasteiger partial charge on any atom is 0.338 e. The molecule has 0 aliphatic heterocycles. The van der Waals surface area contributed by atoms with Crippen molar-refractivity contribution < 1.29 is 2.85 Å². The predicted octanol–water partition coefficient (Wildman–Crippen LogP) is 2.24. The molecular formula is C6H33Cl3Si4. The van der Waals surface area contributed by atoms with Gasteiger partial charge in [-0.05, 0) is 37.3 Å².